The van der Waals surface area contributed by atoms with E-state index in [1.54, 1.807) is 4.68 Å². The van der Waals surface area contributed by atoms with E-state index >= 15 is 0 Å². The van der Waals surface area contributed by atoms with Crippen LogP contribution in [-0.2, 0) is 7.05 Å². The molecule has 1 atom stereocenters. The lowest BCUT2D eigenvalue weighted by Crippen LogP contribution is -2.10. The lowest BCUT2D eigenvalue weighted by molar-refractivity contribution is 0.673. The predicted molar refractivity (Wildman–Crippen MR) is 48.2 cm³/mol. The largest absolute Gasteiger partial charge is 0.322 e. The topological polar surface area (TPSA) is 43.8 Å². The minimum absolute atomic E-state index is 0.0568. The van der Waals surface area contributed by atoms with Gasteiger partial charge in [0.15, 0.2) is 0 Å². The Morgan fingerprint density at radius 3 is 3.00 bits per heavy atom. The molecule has 0 fully saturated rings. The van der Waals surface area contributed by atoms with Gasteiger partial charge in [-0.05, 0) is 13.0 Å². The summed E-state index contributed by atoms with van der Waals surface area (Å²) in [5.41, 5.74) is 6.72. The molecule has 0 aliphatic carbocycles. The number of hydrogen-bond acceptors (Lipinski definition) is 2. The van der Waals surface area contributed by atoms with Gasteiger partial charge in [0.25, 0.3) is 0 Å². The Balaban J connectivity index is 2.62. The van der Waals surface area contributed by atoms with Crippen LogP contribution in [0.5, 0.6) is 0 Å². The Morgan fingerprint density at radius 2 is 2.50 bits per heavy atom. The van der Waals surface area contributed by atoms with Crippen molar-refractivity contribution in [2.45, 2.75) is 19.4 Å². The minimum Gasteiger partial charge on any atom is -0.322 e. The maximum absolute atomic E-state index is 5.82. The van der Waals surface area contributed by atoms with Crippen LogP contribution in [0.25, 0.3) is 0 Å². The summed E-state index contributed by atoms with van der Waals surface area (Å²) in [6.07, 6.45) is 2.56. The molecule has 0 spiro atoms. The molecule has 1 aromatic heterocycles. The van der Waals surface area contributed by atoms with E-state index in [1.807, 2.05) is 26.2 Å². The van der Waals surface area contributed by atoms with Crippen molar-refractivity contribution in [3.63, 3.8) is 0 Å². The zero-order valence-electron chi connectivity index (χ0n) is 7.41. The fraction of sp³-hybridized carbons (Fsp3) is 0.444. The summed E-state index contributed by atoms with van der Waals surface area (Å²) >= 11 is 0. The lowest BCUT2D eigenvalue weighted by atomic mass is 10.1. The Kier molecular flexibility index (Phi) is 2.89. The van der Waals surface area contributed by atoms with Crippen LogP contribution < -0.4 is 5.73 Å². The first-order chi connectivity index (χ1) is 5.74. The number of rotatable bonds is 2. The van der Waals surface area contributed by atoms with Gasteiger partial charge in [-0.15, -0.1) is 11.8 Å². The van der Waals surface area contributed by atoms with Crippen molar-refractivity contribution < 1.29 is 0 Å². The van der Waals surface area contributed by atoms with Gasteiger partial charge in [-0.2, -0.15) is 5.10 Å². The summed E-state index contributed by atoms with van der Waals surface area (Å²) in [6, 6.07) is 1.86. The molecule has 0 saturated carbocycles. The van der Waals surface area contributed by atoms with Crippen LogP contribution in [0.4, 0.5) is 0 Å². The Labute approximate surface area is 72.6 Å². The fourth-order valence-electron chi connectivity index (χ4n) is 0.947. The standard InChI is InChI=1S/C9H13N3/c1-3-4-5-8(10)9-6-7-12(2)11-9/h6-8H,5,10H2,1-2H3. The second-order valence-electron chi connectivity index (χ2n) is 2.65. The average Bonchev–Trinajstić information content (AvgIpc) is 2.47. The van der Waals surface area contributed by atoms with Crippen LogP contribution in [0.3, 0.4) is 0 Å². The molecular formula is C9H13N3. The minimum atomic E-state index is -0.0568. The molecule has 2 N–H and O–H groups in total. The molecule has 0 amide bonds. The van der Waals surface area contributed by atoms with Gasteiger partial charge in [-0.1, -0.05) is 0 Å². The number of hydrogen-bond donors (Lipinski definition) is 1. The van der Waals surface area contributed by atoms with E-state index in [0.29, 0.717) is 6.42 Å². The zero-order valence-corrected chi connectivity index (χ0v) is 7.41. The smallest absolute Gasteiger partial charge is 0.0801 e. The van der Waals surface area contributed by atoms with Gasteiger partial charge in [0, 0.05) is 19.7 Å². The fourth-order valence-corrected chi connectivity index (χ4v) is 0.947. The van der Waals surface area contributed by atoms with Crippen molar-refractivity contribution in [2.75, 3.05) is 0 Å². The second kappa shape index (κ2) is 3.93. The summed E-state index contributed by atoms with van der Waals surface area (Å²) in [4.78, 5) is 0. The van der Waals surface area contributed by atoms with Gasteiger partial charge >= 0.3 is 0 Å². The molecule has 3 heteroatoms. The third kappa shape index (κ3) is 2.11. The molecule has 0 aliphatic rings. The van der Waals surface area contributed by atoms with Crippen LogP contribution in [0.2, 0.25) is 0 Å². The first-order valence-electron chi connectivity index (χ1n) is 3.88. The number of aromatic nitrogens is 2. The average molecular weight is 163 g/mol. The molecule has 0 saturated heterocycles. The van der Waals surface area contributed by atoms with E-state index in [-0.39, 0.29) is 6.04 Å². The Morgan fingerprint density at radius 1 is 1.75 bits per heavy atom. The second-order valence-corrected chi connectivity index (χ2v) is 2.65. The van der Waals surface area contributed by atoms with Gasteiger partial charge in [0.2, 0.25) is 0 Å². The van der Waals surface area contributed by atoms with Crippen molar-refractivity contribution in [3.8, 4) is 11.8 Å². The first kappa shape index (κ1) is 8.82. The monoisotopic (exact) mass is 163 g/mol. The summed E-state index contributed by atoms with van der Waals surface area (Å²) in [6.45, 7) is 1.81. The van der Waals surface area contributed by atoms with E-state index in [0.717, 1.165) is 5.69 Å². The molecular weight excluding hydrogens is 150 g/mol. The van der Waals surface area contributed by atoms with Gasteiger partial charge < -0.3 is 5.73 Å². The molecule has 3 nitrogen and oxygen atoms in total. The number of nitrogens with two attached hydrogens (primary N) is 1. The molecule has 0 radical (unpaired) electrons. The summed E-state index contributed by atoms with van der Waals surface area (Å²) in [5, 5.41) is 4.19. The van der Waals surface area contributed by atoms with E-state index in [2.05, 4.69) is 16.9 Å². The first-order valence-corrected chi connectivity index (χ1v) is 3.88. The van der Waals surface area contributed by atoms with Gasteiger partial charge in [-0.3, -0.25) is 4.68 Å². The normalized spacial score (nSPS) is 11.9. The van der Waals surface area contributed by atoms with Crippen molar-refractivity contribution in [1.82, 2.24) is 9.78 Å². The van der Waals surface area contributed by atoms with Crippen LogP contribution in [0, 0.1) is 11.8 Å². The molecule has 1 unspecified atom stereocenters. The Hall–Kier alpha value is -1.27. The van der Waals surface area contributed by atoms with Crippen LogP contribution >= 0.6 is 0 Å². The van der Waals surface area contributed by atoms with Crippen LogP contribution in [-0.4, -0.2) is 9.78 Å². The molecule has 0 aliphatic heterocycles. The Bertz CT molecular complexity index is 303. The van der Waals surface area contributed by atoms with E-state index < -0.39 is 0 Å². The molecule has 1 heterocycles. The molecule has 12 heavy (non-hydrogen) atoms. The van der Waals surface area contributed by atoms with Crippen molar-refractivity contribution in [2.24, 2.45) is 12.8 Å². The van der Waals surface area contributed by atoms with Gasteiger partial charge in [0.1, 0.15) is 0 Å². The molecule has 1 aromatic rings. The zero-order chi connectivity index (χ0) is 8.97. The third-order valence-corrected chi connectivity index (χ3v) is 1.61. The third-order valence-electron chi connectivity index (χ3n) is 1.61. The van der Waals surface area contributed by atoms with Crippen molar-refractivity contribution in [3.05, 3.63) is 18.0 Å². The van der Waals surface area contributed by atoms with Gasteiger partial charge in [0.05, 0.1) is 11.7 Å². The van der Waals surface area contributed by atoms with Crippen molar-refractivity contribution in [1.29, 1.82) is 0 Å². The van der Waals surface area contributed by atoms with E-state index in [9.17, 15) is 0 Å². The maximum atomic E-state index is 5.82. The highest BCUT2D eigenvalue weighted by molar-refractivity contribution is 5.09. The van der Waals surface area contributed by atoms with Gasteiger partial charge in [-0.25, -0.2) is 0 Å². The number of aryl methyl sites for hydroxylation is 1. The number of nitrogens with zero attached hydrogens (tertiary/aromatic N) is 2. The predicted octanol–water partition coefficient (Wildman–Crippen LogP) is 0.833. The van der Waals surface area contributed by atoms with Crippen LogP contribution in [0.1, 0.15) is 25.1 Å². The molecule has 64 valence electrons. The molecule has 0 bridgehead atoms. The summed E-state index contributed by atoms with van der Waals surface area (Å²) in [7, 11) is 1.88. The SMILES string of the molecule is CC#CCC(N)c1ccn(C)n1. The van der Waals surface area contributed by atoms with Crippen molar-refractivity contribution >= 4 is 0 Å². The molecule has 0 aromatic carbocycles. The molecule has 1 rings (SSSR count). The quantitative estimate of drug-likeness (QED) is 0.656. The highest BCUT2D eigenvalue weighted by Gasteiger charge is 2.05. The van der Waals surface area contributed by atoms with Crippen LogP contribution in [0.15, 0.2) is 12.3 Å². The highest BCUT2D eigenvalue weighted by atomic mass is 15.3. The van der Waals surface area contributed by atoms with E-state index in [4.69, 9.17) is 5.73 Å². The lowest BCUT2D eigenvalue weighted by Gasteiger charge is -2.02. The summed E-state index contributed by atoms with van der Waals surface area (Å²) in [5.74, 6) is 5.74. The maximum Gasteiger partial charge on any atom is 0.0801 e. The summed E-state index contributed by atoms with van der Waals surface area (Å²) < 4.78 is 1.74. The van der Waals surface area contributed by atoms with E-state index in [1.165, 1.54) is 0 Å². The highest BCUT2D eigenvalue weighted by Crippen LogP contribution is 2.09.